The molecule has 0 heterocycles. The first-order valence-corrected chi connectivity index (χ1v) is 5.33. The molecule has 64 valence electrons. The Hall–Kier alpha value is -0.800. The fraction of sp³-hybridized carbons (Fsp3) is 0. The van der Waals surface area contributed by atoms with Crippen molar-refractivity contribution in [3.63, 3.8) is 0 Å². The summed E-state index contributed by atoms with van der Waals surface area (Å²) in [6, 6.07) is 11.6. The predicted octanol–water partition coefficient (Wildman–Crippen LogP) is 3.39. The average Bonchev–Trinajstić information content (AvgIpc) is 2.19. The van der Waals surface area contributed by atoms with Crippen LogP contribution in [0.15, 0.2) is 45.8 Å². The van der Waals surface area contributed by atoms with E-state index in [0.29, 0.717) is 11.7 Å². The Morgan fingerprint density at radius 2 is 1.69 bits per heavy atom. The third-order valence-electron chi connectivity index (χ3n) is 1.92. The first kappa shape index (κ1) is 8.78. The molecule has 0 saturated carbocycles. The van der Waals surface area contributed by atoms with Gasteiger partial charge in [-0.15, -0.1) is 0 Å². The zero-order chi connectivity index (χ0) is 9.26. The molecular weight excluding hydrogens is 248 g/mol. The fourth-order valence-electron chi connectivity index (χ4n) is 1.31. The topological polar surface area (TPSA) is 17.1 Å². The molecule has 0 aliphatic carbocycles. The molecule has 0 atom stereocenters. The van der Waals surface area contributed by atoms with E-state index in [9.17, 15) is 4.21 Å². The minimum atomic E-state index is 0.536. The van der Waals surface area contributed by atoms with Crippen LogP contribution in [0, 0.1) is 0 Å². The predicted molar refractivity (Wildman–Crippen MR) is 58.0 cm³/mol. The van der Waals surface area contributed by atoms with Gasteiger partial charge < -0.3 is 0 Å². The van der Waals surface area contributed by atoms with Gasteiger partial charge in [-0.3, -0.25) is 0 Å². The molecule has 1 nitrogen and oxygen atoms in total. The Morgan fingerprint density at radius 3 is 2.38 bits per heavy atom. The highest BCUT2D eigenvalue weighted by Gasteiger charge is 2.12. The number of rotatable bonds is 1. The molecule has 0 unspecified atom stereocenters. The zero-order valence-corrected chi connectivity index (χ0v) is 9.06. The normalized spacial score (nSPS) is 10.2. The zero-order valence-electron chi connectivity index (χ0n) is 6.66. The second-order valence-electron chi connectivity index (χ2n) is 2.67. The maximum absolute atomic E-state index is 10.8. The van der Waals surface area contributed by atoms with Crippen molar-refractivity contribution in [2.24, 2.45) is 0 Å². The van der Waals surface area contributed by atoms with Crippen molar-refractivity contribution in [3.05, 3.63) is 40.9 Å². The van der Waals surface area contributed by atoms with E-state index < -0.39 is 0 Å². The van der Waals surface area contributed by atoms with E-state index in [-0.39, 0.29) is 0 Å². The van der Waals surface area contributed by atoms with Crippen molar-refractivity contribution in [2.75, 3.05) is 0 Å². The maximum atomic E-state index is 10.8. The van der Waals surface area contributed by atoms with Gasteiger partial charge in [0.15, 0.2) is 0 Å². The molecule has 0 N–H and O–H groups in total. The van der Waals surface area contributed by atoms with E-state index in [1.807, 2.05) is 36.4 Å². The molecular formula is C10H6BrOS+. The number of halogens is 1. The Bertz CT molecular complexity index is 467. The van der Waals surface area contributed by atoms with Crippen LogP contribution in [0.3, 0.4) is 0 Å². The first-order chi connectivity index (χ1) is 6.33. The number of fused-ring (bicyclic) bond motifs is 1. The van der Waals surface area contributed by atoms with Crippen LogP contribution in [0.1, 0.15) is 0 Å². The van der Waals surface area contributed by atoms with Crippen molar-refractivity contribution in [1.82, 2.24) is 0 Å². The highest BCUT2D eigenvalue weighted by molar-refractivity contribution is 9.10. The second-order valence-corrected chi connectivity index (χ2v) is 4.14. The van der Waals surface area contributed by atoms with Gasteiger partial charge >= 0.3 is 11.7 Å². The first-order valence-electron chi connectivity index (χ1n) is 3.80. The molecule has 0 amide bonds. The SMILES string of the molecule is O=[S+]c1ccc(Br)c2ccccc12. The average molecular weight is 254 g/mol. The molecule has 0 bridgehead atoms. The van der Waals surface area contributed by atoms with Crippen LogP contribution in [0.25, 0.3) is 10.8 Å². The Labute approximate surface area is 88.4 Å². The largest absolute Gasteiger partial charge is 0.505 e. The summed E-state index contributed by atoms with van der Waals surface area (Å²) >= 11 is 3.99. The van der Waals surface area contributed by atoms with Gasteiger partial charge in [0.2, 0.25) is 0 Å². The smallest absolute Gasteiger partial charge is 0.0616 e. The van der Waals surface area contributed by atoms with Crippen molar-refractivity contribution < 1.29 is 4.21 Å². The lowest BCUT2D eigenvalue weighted by Crippen LogP contribution is -1.79. The van der Waals surface area contributed by atoms with Crippen LogP contribution in [-0.4, -0.2) is 0 Å². The van der Waals surface area contributed by atoms with Crippen molar-refractivity contribution in [1.29, 1.82) is 0 Å². The molecule has 0 spiro atoms. The van der Waals surface area contributed by atoms with Crippen LogP contribution < -0.4 is 0 Å². The van der Waals surface area contributed by atoms with Gasteiger partial charge in [0.05, 0.1) is 5.39 Å². The number of hydrogen-bond acceptors (Lipinski definition) is 1. The summed E-state index contributed by atoms with van der Waals surface area (Å²) < 4.78 is 11.8. The lowest BCUT2D eigenvalue weighted by atomic mass is 10.1. The molecule has 0 aromatic heterocycles. The minimum absolute atomic E-state index is 0.536. The molecule has 2 rings (SSSR count). The summed E-state index contributed by atoms with van der Waals surface area (Å²) in [5.74, 6) is 0. The van der Waals surface area contributed by atoms with E-state index >= 15 is 0 Å². The summed E-state index contributed by atoms with van der Waals surface area (Å²) in [4.78, 5) is 0.777. The van der Waals surface area contributed by atoms with Crippen LogP contribution in [0.4, 0.5) is 0 Å². The third kappa shape index (κ3) is 1.49. The van der Waals surface area contributed by atoms with Gasteiger partial charge in [0.1, 0.15) is 0 Å². The summed E-state index contributed by atoms with van der Waals surface area (Å²) in [6.45, 7) is 0. The molecule has 2 aromatic rings. The summed E-state index contributed by atoms with van der Waals surface area (Å²) in [7, 11) is 0. The van der Waals surface area contributed by atoms with Crippen molar-refractivity contribution in [2.45, 2.75) is 4.90 Å². The Kier molecular flexibility index (Phi) is 2.38. The molecule has 0 fully saturated rings. The molecule has 0 radical (unpaired) electrons. The lowest BCUT2D eigenvalue weighted by Gasteiger charge is -1.96. The molecule has 3 heteroatoms. The summed E-state index contributed by atoms with van der Waals surface area (Å²) in [6.07, 6.45) is 0. The van der Waals surface area contributed by atoms with Gasteiger partial charge in [0, 0.05) is 20.1 Å². The molecule has 2 aromatic carbocycles. The Morgan fingerprint density at radius 1 is 1.00 bits per heavy atom. The summed E-state index contributed by atoms with van der Waals surface area (Å²) in [5, 5.41) is 2.10. The van der Waals surface area contributed by atoms with E-state index in [2.05, 4.69) is 15.9 Å². The third-order valence-corrected chi connectivity index (χ3v) is 3.15. The quantitative estimate of drug-likeness (QED) is 0.713. The van der Waals surface area contributed by atoms with Gasteiger partial charge in [-0.25, -0.2) is 0 Å². The van der Waals surface area contributed by atoms with E-state index in [4.69, 9.17) is 0 Å². The highest BCUT2D eigenvalue weighted by Crippen LogP contribution is 2.26. The maximum Gasteiger partial charge on any atom is 0.505 e. The standard InChI is InChI=1S/C10H6BrOS/c11-9-5-6-10(13-12)8-4-2-1-3-7(8)9/h1-6H/q+1. The number of benzene rings is 2. The van der Waals surface area contributed by atoms with E-state index in [1.165, 1.54) is 0 Å². The van der Waals surface area contributed by atoms with Crippen LogP contribution >= 0.6 is 15.9 Å². The molecule has 0 aliphatic rings. The van der Waals surface area contributed by atoms with E-state index in [0.717, 1.165) is 20.1 Å². The highest BCUT2D eigenvalue weighted by atomic mass is 79.9. The van der Waals surface area contributed by atoms with Crippen molar-refractivity contribution >= 4 is 38.4 Å². The molecule has 0 saturated heterocycles. The van der Waals surface area contributed by atoms with Gasteiger partial charge in [-0.2, -0.15) is 0 Å². The van der Waals surface area contributed by atoms with E-state index in [1.54, 1.807) is 0 Å². The summed E-state index contributed by atoms with van der Waals surface area (Å²) in [5.41, 5.74) is 0. The minimum Gasteiger partial charge on any atom is -0.0616 e. The van der Waals surface area contributed by atoms with Crippen LogP contribution in [0.2, 0.25) is 0 Å². The lowest BCUT2D eigenvalue weighted by molar-refractivity contribution is 0.605. The monoisotopic (exact) mass is 253 g/mol. The van der Waals surface area contributed by atoms with Crippen molar-refractivity contribution in [3.8, 4) is 0 Å². The Balaban J connectivity index is 2.92. The second kappa shape index (κ2) is 3.52. The van der Waals surface area contributed by atoms with Gasteiger partial charge in [0.25, 0.3) is 4.90 Å². The number of hydrogen-bond donors (Lipinski definition) is 0. The molecule has 13 heavy (non-hydrogen) atoms. The van der Waals surface area contributed by atoms with Gasteiger partial charge in [-0.05, 0) is 12.1 Å². The van der Waals surface area contributed by atoms with Crippen LogP contribution in [-0.2, 0) is 15.9 Å². The fourth-order valence-corrected chi connectivity index (χ4v) is 2.18. The molecule has 0 aliphatic heterocycles. The van der Waals surface area contributed by atoms with Gasteiger partial charge in [-0.1, -0.05) is 34.1 Å². The van der Waals surface area contributed by atoms with Crippen LogP contribution in [0.5, 0.6) is 0 Å².